The molecule has 0 saturated heterocycles. The van der Waals surface area contributed by atoms with Gasteiger partial charge in [0.15, 0.2) is 12.3 Å². The van der Waals surface area contributed by atoms with Crippen molar-refractivity contribution in [3.05, 3.63) is 35.7 Å². The third kappa shape index (κ3) is 2.74. The van der Waals surface area contributed by atoms with Crippen LogP contribution in [0.3, 0.4) is 0 Å². The van der Waals surface area contributed by atoms with Crippen LogP contribution in [-0.2, 0) is 0 Å². The fourth-order valence-electron chi connectivity index (χ4n) is 2.42. The van der Waals surface area contributed by atoms with Gasteiger partial charge in [-0.2, -0.15) is 9.19 Å². The van der Waals surface area contributed by atoms with E-state index < -0.39 is 0 Å². The van der Waals surface area contributed by atoms with Gasteiger partial charge in [0.1, 0.15) is 28.5 Å². The van der Waals surface area contributed by atoms with Crippen LogP contribution < -0.4 is 4.74 Å². The van der Waals surface area contributed by atoms with E-state index in [4.69, 9.17) is 16.3 Å². The summed E-state index contributed by atoms with van der Waals surface area (Å²) in [4.78, 5) is 8.04. The lowest BCUT2D eigenvalue weighted by atomic mass is 10.1. The smallest absolute Gasteiger partial charge is 0.188 e. The van der Waals surface area contributed by atoms with E-state index in [1.165, 1.54) is 10.4 Å². The molecule has 0 bridgehead atoms. The second kappa shape index (κ2) is 5.35. The number of halogens is 2. The molecular formula is C15H12ClFN4OS. The second-order valence-corrected chi connectivity index (χ2v) is 6.62. The minimum Gasteiger partial charge on any atom is -0.488 e. The molecule has 2 aromatic heterocycles. The van der Waals surface area contributed by atoms with Crippen LogP contribution >= 0.6 is 23.9 Å². The summed E-state index contributed by atoms with van der Waals surface area (Å²) in [7, 11) is 0. The van der Waals surface area contributed by atoms with Crippen LogP contribution in [0.5, 0.6) is 5.75 Å². The highest BCUT2D eigenvalue weighted by Crippen LogP contribution is 2.41. The molecule has 5 nitrogen and oxygen atoms in total. The second-order valence-electron chi connectivity index (χ2n) is 5.75. The molecule has 3 aromatic rings. The Morgan fingerprint density at radius 1 is 1.30 bits per heavy atom. The Hall–Kier alpha value is -1.86. The highest BCUT2D eigenvalue weighted by molar-refractivity contribution is 7.92. The first-order chi connectivity index (χ1) is 11.1. The Balaban J connectivity index is 1.87. The van der Waals surface area contributed by atoms with Gasteiger partial charge in [0.05, 0.1) is 11.2 Å². The quantitative estimate of drug-likeness (QED) is 0.650. The van der Waals surface area contributed by atoms with E-state index in [-0.39, 0.29) is 23.1 Å². The first-order valence-corrected chi connectivity index (χ1v) is 8.12. The average molecular weight is 351 g/mol. The monoisotopic (exact) mass is 350 g/mol. The number of aromatic nitrogens is 4. The lowest BCUT2D eigenvalue weighted by Crippen LogP contribution is -2.11. The molecule has 8 heteroatoms. The average Bonchev–Trinajstić information content (AvgIpc) is 3.13. The summed E-state index contributed by atoms with van der Waals surface area (Å²) >= 11 is 5.94. The van der Waals surface area contributed by atoms with Crippen molar-refractivity contribution in [3.8, 4) is 17.1 Å². The van der Waals surface area contributed by atoms with Crippen LogP contribution in [0.4, 0.5) is 3.89 Å². The molecule has 0 aliphatic heterocycles. The number of benzene rings is 1. The van der Waals surface area contributed by atoms with Crippen LogP contribution in [0.25, 0.3) is 22.3 Å². The molecule has 0 amide bonds. The summed E-state index contributed by atoms with van der Waals surface area (Å²) in [5.41, 5.74) is 1.61. The van der Waals surface area contributed by atoms with Crippen LogP contribution in [0.2, 0.25) is 5.15 Å². The van der Waals surface area contributed by atoms with Gasteiger partial charge in [-0.25, -0.2) is 9.97 Å². The number of nitrogens with zero attached hydrogens (tertiary/aromatic N) is 4. The molecule has 118 valence electrons. The minimum atomic E-state index is -0.0864. The maximum Gasteiger partial charge on any atom is 0.188 e. The van der Waals surface area contributed by atoms with E-state index in [2.05, 4.69) is 22.0 Å². The van der Waals surface area contributed by atoms with Crippen LogP contribution in [-0.4, -0.2) is 24.8 Å². The number of rotatable bonds is 4. The van der Waals surface area contributed by atoms with Gasteiger partial charge >= 0.3 is 0 Å². The van der Waals surface area contributed by atoms with Crippen molar-refractivity contribution in [2.75, 3.05) is 0 Å². The molecule has 0 N–H and O–H groups in total. The predicted octanol–water partition coefficient (Wildman–Crippen LogP) is 4.46. The van der Waals surface area contributed by atoms with Crippen molar-refractivity contribution in [1.29, 1.82) is 0 Å². The van der Waals surface area contributed by atoms with Crippen molar-refractivity contribution in [1.82, 2.24) is 19.2 Å². The van der Waals surface area contributed by atoms with E-state index in [0.29, 0.717) is 16.9 Å². The molecule has 1 saturated carbocycles. The van der Waals surface area contributed by atoms with E-state index in [1.54, 1.807) is 6.07 Å². The molecule has 2 heterocycles. The fourth-order valence-corrected chi connectivity index (χ4v) is 2.94. The lowest BCUT2D eigenvalue weighted by molar-refractivity contribution is 0.200. The molecule has 1 aromatic carbocycles. The molecular weight excluding hydrogens is 339 g/mol. The molecule has 4 rings (SSSR count). The zero-order valence-electron chi connectivity index (χ0n) is 12.2. The van der Waals surface area contributed by atoms with Gasteiger partial charge in [0, 0.05) is 11.5 Å². The Bertz CT molecular complexity index is 896. The summed E-state index contributed by atoms with van der Waals surface area (Å²) in [6.45, 7) is 2.07. The first-order valence-electron chi connectivity index (χ1n) is 7.07. The SMILES string of the molecule is CC1(Oc2ccc3nn(SF)c(-c4cc(Cl)ncn4)c3c2)CC1. The van der Waals surface area contributed by atoms with E-state index >= 15 is 0 Å². The summed E-state index contributed by atoms with van der Waals surface area (Å²) in [5.74, 6) is 0.738. The maximum atomic E-state index is 13.3. The fraction of sp³-hybridized carbons (Fsp3) is 0.267. The van der Waals surface area contributed by atoms with E-state index in [9.17, 15) is 3.89 Å². The van der Waals surface area contributed by atoms with Gasteiger partial charge in [0.2, 0.25) is 0 Å². The molecule has 0 unspecified atom stereocenters. The zero-order valence-corrected chi connectivity index (χ0v) is 13.7. The van der Waals surface area contributed by atoms with Gasteiger partial charge in [-0.15, -0.1) is 3.89 Å². The number of hydrogen-bond acceptors (Lipinski definition) is 5. The minimum absolute atomic E-state index is 0.0145. The van der Waals surface area contributed by atoms with Gasteiger partial charge in [-0.1, -0.05) is 11.6 Å². The summed E-state index contributed by atoms with van der Waals surface area (Å²) < 4.78 is 20.5. The maximum absolute atomic E-state index is 13.3. The molecule has 1 aliphatic carbocycles. The van der Waals surface area contributed by atoms with Crippen molar-refractivity contribution >= 4 is 34.8 Å². The third-order valence-electron chi connectivity index (χ3n) is 3.87. The Kier molecular flexibility index (Phi) is 3.42. The number of hydrogen-bond donors (Lipinski definition) is 0. The van der Waals surface area contributed by atoms with Crippen molar-refractivity contribution < 1.29 is 8.62 Å². The normalized spacial score (nSPS) is 15.8. The van der Waals surface area contributed by atoms with Crippen LogP contribution in [0.15, 0.2) is 30.6 Å². The van der Waals surface area contributed by atoms with Crippen molar-refractivity contribution in [2.45, 2.75) is 25.4 Å². The lowest BCUT2D eigenvalue weighted by Gasteiger charge is -2.12. The van der Waals surface area contributed by atoms with E-state index in [1.807, 2.05) is 18.2 Å². The number of ether oxygens (including phenoxy) is 1. The Labute approximate surface area is 141 Å². The van der Waals surface area contributed by atoms with Gasteiger partial charge < -0.3 is 4.74 Å². The zero-order chi connectivity index (χ0) is 16.0. The van der Waals surface area contributed by atoms with Gasteiger partial charge in [-0.05, 0) is 38.0 Å². The van der Waals surface area contributed by atoms with Crippen LogP contribution in [0, 0.1) is 0 Å². The largest absolute Gasteiger partial charge is 0.488 e. The highest BCUT2D eigenvalue weighted by Gasteiger charge is 2.40. The van der Waals surface area contributed by atoms with Crippen LogP contribution in [0.1, 0.15) is 19.8 Å². The molecule has 1 aliphatic rings. The molecule has 0 radical (unpaired) electrons. The summed E-state index contributed by atoms with van der Waals surface area (Å²) in [5, 5.41) is 5.28. The molecule has 1 fully saturated rings. The topological polar surface area (TPSA) is 52.8 Å². The van der Waals surface area contributed by atoms with Crippen molar-refractivity contribution in [2.24, 2.45) is 0 Å². The Morgan fingerprint density at radius 3 is 2.83 bits per heavy atom. The predicted molar refractivity (Wildman–Crippen MR) is 88.1 cm³/mol. The third-order valence-corrected chi connectivity index (χ3v) is 4.47. The van der Waals surface area contributed by atoms with E-state index in [0.717, 1.165) is 24.0 Å². The first kappa shape index (κ1) is 14.7. The summed E-state index contributed by atoms with van der Waals surface area (Å²) in [6, 6.07) is 7.11. The summed E-state index contributed by atoms with van der Waals surface area (Å²) in [6.07, 6.45) is 3.42. The van der Waals surface area contributed by atoms with Gasteiger partial charge in [-0.3, -0.25) is 0 Å². The molecule has 0 spiro atoms. The highest BCUT2D eigenvalue weighted by atomic mass is 35.5. The Morgan fingerprint density at radius 2 is 2.13 bits per heavy atom. The van der Waals surface area contributed by atoms with Crippen molar-refractivity contribution in [3.63, 3.8) is 0 Å². The van der Waals surface area contributed by atoms with Gasteiger partial charge in [0.25, 0.3) is 0 Å². The standard InChI is InChI=1S/C15H12ClFN4OS/c1-15(4-5-15)22-9-2-3-11-10(6-9)14(21(20-11)23-17)12-7-13(16)19-8-18-12/h2-3,6-8H,4-5H2,1H3. The molecule has 23 heavy (non-hydrogen) atoms. The number of fused-ring (bicyclic) bond motifs is 1. The molecule has 0 atom stereocenters.